The van der Waals surface area contributed by atoms with Crippen molar-refractivity contribution < 1.29 is 19.4 Å². The molecule has 0 aliphatic carbocycles. The molecule has 0 heterocycles. The van der Waals surface area contributed by atoms with E-state index in [4.69, 9.17) is 9.47 Å². The fourth-order valence-electron chi connectivity index (χ4n) is 2.72. The summed E-state index contributed by atoms with van der Waals surface area (Å²) in [6.07, 6.45) is -0.595. The largest absolute Gasteiger partial charge is 0.497 e. The van der Waals surface area contributed by atoms with Crippen LogP contribution in [-0.2, 0) is 11.2 Å². The number of benzene rings is 2. The molecule has 4 heteroatoms. The molecule has 122 valence electrons. The molecule has 1 atom stereocenters. The number of carbonyl (C=O) groups is 1. The Labute approximate surface area is 136 Å². The van der Waals surface area contributed by atoms with Crippen LogP contribution in [0.3, 0.4) is 0 Å². The molecule has 0 saturated heterocycles. The van der Waals surface area contributed by atoms with Crippen molar-refractivity contribution in [2.75, 3.05) is 7.11 Å². The van der Waals surface area contributed by atoms with Gasteiger partial charge in [0.25, 0.3) is 0 Å². The molecule has 23 heavy (non-hydrogen) atoms. The fourth-order valence-corrected chi connectivity index (χ4v) is 2.72. The molecule has 0 aliphatic heterocycles. The van der Waals surface area contributed by atoms with E-state index in [0.29, 0.717) is 17.9 Å². The molecule has 2 aromatic rings. The normalized spacial score (nSPS) is 11.8. The van der Waals surface area contributed by atoms with Crippen LogP contribution in [0, 0.1) is 20.8 Å². The Morgan fingerprint density at radius 3 is 2.04 bits per heavy atom. The van der Waals surface area contributed by atoms with Gasteiger partial charge in [-0.25, -0.2) is 4.79 Å². The van der Waals surface area contributed by atoms with Crippen molar-refractivity contribution >= 4 is 5.97 Å². The number of hydrogen-bond donors (Lipinski definition) is 1. The van der Waals surface area contributed by atoms with E-state index in [9.17, 15) is 9.90 Å². The van der Waals surface area contributed by atoms with E-state index in [-0.39, 0.29) is 0 Å². The van der Waals surface area contributed by atoms with E-state index in [2.05, 4.69) is 12.1 Å². The highest BCUT2D eigenvalue weighted by atomic mass is 16.5. The molecule has 1 N–H and O–H groups in total. The molecule has 0 unspecified atom stereocenters. The molecule has 4 nitrogen and oxygen atoms in total. The Morgan fingerprint density at radius 2 is 1.57 bits per heavy atom. The molecule has 0 spiro atoms. The highest BCUT2D eigenvalue weighted by Crippen LogP contribution is 2.22. The summed E-state index contributed by atoms with van der Waals surface area (Å²) in [5.41, 5.74) is 4.38. The summed E-state index contributed by atoms with van der Waals surface area (Å²) in [4.78, 5) is 11.6. The van der Waals surface area contributed by atoms with Gasteiger partial charge in [-0.05, 0) is 61.7 Å². The maximum absolute atomic E-state index is 11.6. The summed E-state index contributed by atoms with van der Waals surface area (Å²) in [6.45, 7) is 6.04. The van der Waals surface area contributed by atoms with E-state index >= 15 is 0 Å². The van der Waals surface area contributed by atoms with Crippen LogP contribution >= 0.6 is 0 Å². The summed E-state index contributed by atoms with van der Waals surface area (Å²) in [5, 5.41) is 9.48. The van der Waals surface area contributed by atoms with Gasteiger partial charge in [-0.15, -0.1) is 0 Å². The lowest BCUT2D eigenvalue weighted by Gasteiger charge is -2.18. The molecule has 2 rings (SSSR count). The van der Waals surface area contributed by atoms with Crippen LogP contribution in [0.2, 0.25) is 0 Å². The predicted octanol–water partition coefficient (Wildman–Crippen LogP) is 3.70. The second kappa shape index (κ2) is 7.18. The quantitative estimate of drug-likeness (QED) is 0.883. The van der Waals surface area contributed by atoms with Gasteiger partial charge in [0.2, 0.25) is 0 Å². The van der Waals surface area contributed by atoms with Crippen LogP contribution in [0.15, 0.2) is 36.4 Å². The standard InChI is InChI=1S/C19H22O4/c1-12-9-13(2)17(14(3)10-12)11-18(19(20)21)23-16-7-5-15(22-4)6-8-16/h5-10,18H,11H2,1-4H3,(H,20,21)/t18-/m0/s1. The van der Waals surface area contributed by atoms with Crippen molar-refractivity contribution in [3.63, 3.8) is 0 Å². The molecule has 0 saturated carbocycles. The first kappa shape index (κ1) is 16.9. The number of carboxylic acid groups (broad SMARTS) is 1. The number of carboxylic acids is 1. The number of hydrogen-bond acceptors (Lipinski definition) is 3. The Balaban J connectivity index is 2.20. The van der Waals surface area contributed by atoms with Gasteiger partial charge in [-0.3, -0.25) is 0 Å². The Bertz CT molecular complexity index is 666. The van der Waals surface area contributed by atoms with E-state index in [1.165, 1.54) is 5.56 Å². The third-order valence-electron chi connectivity index (χ3n) is 3.84. The number of ether oxygens (including phenoxy) is 2. The van der Waals surface area contributed by atoms with Crippen LogP contribution in [0.5, 0.6) is 11.5 Å². The van der Waals surface area contributed by atoms with E-state index in [1.807, 2.05) is 20.8 Å². The van der Waals surface area contributed by atoms with Crippen molar-refractivity contribution in [1.82, 2.24) is 0 Å². The van der Waals surface area contributed by atoms with Gasteiger partial charge in [-0.2, -0.15) is 0 Å². The van der Waals surface area contributed by atoms with Crippen LogP contribution in [-0.4, -0.2) is 24.3 Å². The second-order valence-electron chi connectivity index (χ2n) is 5.70. The monoisotopic (exact) mass is 314 g/mol. The van der Waals surface area contributed by atoms with Gasteiger partial charge < -0.3 is 14.6 Å². The molecular weight excluding hydrogens is 292 g/mol. The zero-order chi connectivity index (χ0) is 17.0. The summed E-state index contributed by atoms with van der Waals surface area (Å²) < 4.78 is 10.8. The highest BCUT2D eigenvalue weighted by molar-refractivity contribution is 5.73. The summed E-state index contributed by atoms with van der Waals surface area (Å²) in [7, 11) is 1.58. The minimum Gasteiger partial charge on any atom is -0.497 e. The first-order valence-corrected chi connectivity index (χ1v) is 7.51. The lowest BCUT2D eigenvalue weighted by Crippen LogP contribution is -2.30. The van der Waals surface area contributed by atoms with Crippen LogP contribution in [0.4, 0.5) is 0 Å². The molecule has 0 aliphatic rings. The summed E-state index contributed by atoms with van der Waals surface area (Å²) >= 11 is 0. The zero-order valence-corrected chi connectivity index (χ0v) is 13.9. The Kier molecular flexibility index (Phi) is 5.27. The predicted molar refractivity (Wildman–Crippen MR) is 89.4 cm³/mol. The second-order valence-corrected chi connectivity index (χ2v) is 5.70. The molecule has 2 aromatic carbocycles. The van der Waals surface area contributed by atoms with E-state index in [1.54, 1.807) is 31.4 Å². The van der Waals surface area contributed by atoms with Crippen LogP contribution in [0.1, 0.15) is 22.3 Å². The average Bonchev–Trinajstić information content (AvgIpc) is 2.50. The molecule has 0 radical (unpaired) electrons. The minimum absolute atomic E-state index is 0.333. The first-order valence-electron chi connectivity index (χ1n) is 7.51. The van der Waals surface area contributed by atoms with Crippen LogP contribution < -0.4 is 9.47 Å². The van der Waals surface area contributed by atoms with E-state index in [0.717, 1.165) is 16.7 Å². The molecule has 0 amide bonds. The van der Waals surface area contributed by atoms with Gasteiger partial charge in [0.15, 0.2) is 6.10 Å². The number of methoxy groups -OCH3 is 1. The highest BCUT2D eigenvalue weighted by Gasteiger charge is 2.22. The molecular formula is C19H22O4. The minimum atomic E-state index is -0.972. The Morgan fingerprint density at radius 1 is 1.04 bits per heavy atom. The lowest BCUT2D eigenvalue weighted by atomic mass is 9.95. The van der Waals surface area contributed by atoms with E-state index < -0.39 is 12.1 Å². The van der Waals surface area contributed by atoms with Crippen molar-refractivity contribution in [1.29, 1.82) is 0 Å². The maximum Gasteiger partial charge on any atom is 0.345 e. The Hall–Kier alpha value is -2.49. The number of rotatable bonds is 6. The van der Waals surface area contributed by atoms with Crippen molar-refractivity contribution in [2.45, 2.75) is 33.3 Å². The summed E-state index contributed by atoms with van der Waals surface area (Å²) in [6, 6.07) is 11.0. The van der Waals surface area contributed by atoms with Crippen molar-refractivity contribution in [3.8, 4) is 11.5 Å². The number of aliphatic carboxylic acids is 1. The van der Waals surface area contributed by atoms with Gasteiger partial charge >= 0.3 is 5.97 Å². The molecule has 0 bridgehead atoms. The smallest absolute Gasteiger partial charge is 0.345 e. The van der Waals surface area contributed by atoms with Crippen molar-refractivity contribution in [3.05, 3.63) is 58.7 Å². The molecule has 0 fully saturated rings. The van der Waals surface area contributed by atoms with Gasteiger partial charge in [-0.1, -0.05) is 17.7 Å². The molecule has 0 aromatic heterocycles. The zero-order valence-electron chi connectivity index (χ0n) is 13.9. The third-order valence-corrected chi connectivity index (χ3v) is 3.84. The summed E-state index contributed by atoms with van der Waals surface area (Å²) in [5.74, 6) is 0.246. The van der Waals surface area contributed by atoms with Gasteiger partial charge in [0.05, 0.1) is 7.11 Å². The lowest BCUT2D eigenvalue weighted by molar-refractivity contribution is -0.145. The van der Waals surface area contributed by atoms with Gasteiger partial charge in [0, 0.05) is 6.42 Å². The maximum atomic E-state index is 11.6. The fraction of sp³-hybridized carbons (Fsp3) is 0.316. The first-order chi connectivity index (χ1) is 10.9. The topological polar surface area (TPSA) is 55.8 Å². The SMILES string of the molecule is COc1ccc(O[C@@H](Cc2c(C)cc(C)cc2C)C(=O)O)cc1. The van der Waals surface area contributed by atoms with Crippen molar-refractivity contribution in [2.24, 2.45) is 0 Å². The average molecular weight is 314 g/mol. The van der Waals surface area contributed by atoms with Gasteiger partial charge in [0.1, 0.15) is 11.5 Å². The number of aryl methyl sites for hydroxylation is 3. The third kappa shape index (κ3) is 4.25. The van der Waals surface area contributed by atoms with Crippen LogP contribution in [0.25, 0.3) is 0 Å².